The van der Waals surface area contributed by atoms with Crippen LogP contribution in [0.5, 0.6) is 11.5 Å². The first-order valence-electron chi connectivity index (χ1n) is 3.52. The fourth-order valence-electron chi connectivity index (χ4n) is 0.708. The highest BCUT2D eigenvalue weighted by Gasteiger charge is 2.00. The van der Waals surface area contributed by atoms with Crippen molar-refractivity contribution in [3.8, 4) is 11.5 Å². The van der Waals surface area contributed by atoms with Gasteiger partial charge in [-0.1, -0.05) is 0 Å². The van der Waals surface area contributed by atoms with E-state index in [1.54, 1.807) is 0 Å². The second kappa shape index (κ2) is 3.05. The summed E-state index contributed by atoms with van der Waals surface area (Å²) in [5, 5.41) is 9.19. The third-order valence-electron chi connectivity index (χ3n) is 1.26. The van der Waals surface area contributed by atoms with Crippen LogP contribution in [-0.2, 0) is 0 Å². The average Bonchev–Trinajstić information content (AvgIpc) is 2.09. The summed E-state index contributed by atoms with van der Waals surface area (Å²) in [6, 6.07) is 2.53. The second-order valence-electron chi connectivity index (χ2n) is 1.97. The highest BCUT2D eigenvalue weighted by molar-refractivity contribution is 5.76. The number of ether oxygens (including phenoxy) is 1. The smallest absolute Gasteiger partial charge is 0.161 e. The molecule has 1 aromatic carbocycles. The van der Waals surface area contributed by atoms with Crippen LogP contribution in [0.15, 0.2) is 18.2 Å². The largest absolute Gasteiger partial charge is 0.504 e. The van der Waals surface area contributed by atoms with Gasteiger partial charge in [0.15, 0.2) is 11.5 Å². The molecular weight excluding hydrogens is 144 g/mol. The molecule has 0 radical (unpaired) electrons. The normalized spacial score (nSPS) is 10.5. The number of aldehydes is 1. The van der Waals surface area contributed by atoms with Gasteiger partial charge in [0.2, 0.25) is 0 Å². The molecule has 58 valence electrons. The molecule has 11 heavy (non-hydrogen) atoms. The Morgan fingerprint density at radius 2 is 2.55 bits per heavy atom. The zero-order valence-corrected chi connectivity index (χ0v) is 6.00. The van der Waals surface area contributed by atoms with Gasteiger partial charge in [-0.05, 0) is 18.2 Å². The topological polar surface area (TPSA) is 46.5 Å². The molecule has 0 amide bonds. The zero-order valence-electron chi connectivity index (χ0n) is 7.00. The first kappa shape index (κ1) is 6.22. The van der Waals surface area contributed by atoms with Crippen molar-refractivity contribution in [3.05, 3.63) is 23.7 Å². The molecule has 1 N–H and O–H groups in total. The van der Waals surface area contributed by atoms with Crippen LogP contribution in [0.25, 0.3) is 0 Å². The highest BCUT2D eigenvalue weighted by atomic mass is 16.5. The molecule has 0 spiro atoms. The SMILES string of the molecule is [2H]c1cc(C=O)cc(OC)c1O. The minimum atomic E-state index is -0.247. The Morgan fingerprint density at radius 1 is 1.82 bits per heavy atom. The monoisotopic (exact) mass is 153 g/mol. The van der Waals surface area contributed by atoms with Crippen molar-refractivity contribution in [2.45, 2.75) is 0 Å². The van der Waals surface area contributed by atoms with Gasteiger partial charge in [0.1, 0.15) is 6.29 Å². The van der Waals surface area contributed by atoms with Crippen LogP contribution in [0, 0.1) is 0 Å². The predicted molar refractivity (Wildman–Crippen MR) is 40.0 cm³/mol. The van der Waals surface area contributed by atoms with Gasteiger partial charge in [-0.15, -0.1) is 0 Å². The molecule has 1 rings (SSSR count). The molecule has 3 heteroatoms. The van der Waals surface area contributed by atoms with E-state index in [1.165, 1.54) is 19.2 Å². The summed E-state index contributed by atoms with van der Waals surface area (Å²) in [5.74, 6) is -0.104. The standard InChI is InChI=1S/C8H8O3/c1-11-8-4-6(5-9)2-3-7(8)10/h2-5,10H,1H3/i3D. The second-order valence-corrected chi connectivity index (χ2v) is 1.97. The van der Waals surface area contributed by atoms with Gasteiger partial charge < -0.3 is 9.84 Å². The summed E-state index contributed by atoms with van der Waals surface area (Å²) in [6.07, 6.45) is 0.597. The van der Waals surface area contributed by atoms with E-state index in [2.05, 4.69) is 0 Å². The van der Waals surface area contributed by atoms with Crippen molar-refractivity contribution >= 4 is 6.29 Å². The van der Waals surface area contributed by atoms with E-state index in [0.29, 0.717) is 11.8 Å². The fraction of sp³-hybridized carbons (Fsp3) is 0.125. The minimum absolute atomic E-state index is 0.114. The Balaban J connectivity index is 3.28. The number of methoxy groups -OCH3 is 1. The van der Waals surface area contributed by atoms with Crippen molar-refractivity contribution in [3.63, 3.8) is 0 Å². The average molecular weight is 153 g/mol. The molecule has 3 nitrogen and oxygen atoms in total. The van der Waals surface area contributed by atoms with E-state index in [9.17, 15) is 9.90 Å². The Labute approximate surface area is 65.6 Å². The van der Waals surface area contributed by atoms with Crippen molar-refractivity contribution in [1.29, 1.82) is 0 Å². The van der Waals surface area contributed by atoms with E-state index >= 15 is 0 Å². The molecule has 0 atom stereocenters. The van der Waals surface area contributed by atoms with E-state index < -0.39 is 0 Å². The first-order valence-corrected chi connectivity index (χ1v) is 3.02. The van der Waals surface area contributed by atoms with E-state index in [1.807, 2.05) is 0 Å². The number of carbonyl (C=O) groups is 1. The number of benzene rings is 1. The number of phenols is 1. The summed E-state index contributed by atoms with van der Waals surface area (Å²) in [7, 11) is 1.36. The Kier molecular flexibility index (Phi) is 1.73. The van der Waals surface area contributed by atoms with Crippen LogP contribution < -0.4 is 4.74 Å². The summed E-state index contributed by atoms with van der Waals surface area (Å²) in [5.41, 5.74) is 0.314. The zero-order chi connectivity index (χ0) is 9.14. The third kappa shape index (κ3) is 1.49. The fourth-order valence-corrected chi connectivity index (χ4v) is 0.708. The molecule has 0 aliphatic heterocycles. The number of carbonyl (C=O) groups excluding carboxylic acids is 1. The lowest BCUT2D eigenvalue weighted by Crippen LogP contribution is -1.85. The molecule has 0 unspecified atom stereocenters. The lowest BCUT2D eigenvalue weighted by molar-refractivity contribution is 0.112. The predicted octanol–water partition coefficient (Wildman–Crippen LogP) is 1.21. The van der Waals surface area contributed by atoms with Gasteiger partial charge in [-0.25, -0.2) is 0 Å². The van der Waals surface area contributed by atoms with Crippen LogP contribution in [0.4, 0.5) is 0 Å². The van der Waals surface area contributed by atoms with Gasteiger partial charge in [0, 0.05) is 5.56 Å². The molecule has 0 aliphatic rings. The summed E-state index contributed by atoms with van der Waals surface area (Å²) in [6.45, 7) is 0. The van der Waals surface area contributed by atoms with Gasteiger partial charge in [-0.3, -0.25) is 4.79 Å². The first-order chi connectivity index (χ1) is 5.69. The van der Waals surface area contributed by atoms with Crippen LogP contribution in [0.1, 0.15) is 11.7 Å². The molecule has 0 fully saturated rings. The van der Waals surface area contributed by atoms with Gasteiger partial charge in [-0.2, -0.15) is 0 Å². The van der Waals surface area contributed by atoms with Gasteiger partial charge in [0.25, 0.3) is 0 Å². The maximum Gasteiger partial charge on any atom is 0.161 e. The molecule has 1 aromatic rings. The lowest BCUT2D eigenvalue weighted by atomic mass is 10.2. The summed E-state index contributed by atoms with van der Waals surface area (Å²) in [4.78, 5) is 10.3. The molecule has 0 heterocycles. The molecule has 0 aliphatic carbocycles. The summed E-state index contributed by atoms with van der Waals surface area (Å²) >= 11 is 0. The number of hydrogen-bond acceptors (Lipinski definition) is 3. The Morgan fingerprint density at radius 3 is 3.09 bits per heavy atom. The maximum absolute atomic E-state index is 10.3. The van der Waals surface area contributed by atoms with E-state index in [0.717, 1.165) is 0 Å². The van der Waals surface area contributed by atoms with E-state index in [4.69, 9.17) is 6.11 Å². The number of rotatable bonds is 2. The van der Waals surface area contributed by atoms with Gasteiger partial charge >= 0.3 is 0 Å². The maximum atomic E-state index is 10.3. The van der Waals surface area contributed by atoms with Crippen LogP contribution in [0.2, 0.25) is 0 Å². The van der Waals surface area contributed by atoms with Crippen LogP contribution in [0.3, 0.4) is 0 Å². The number of hydrogen-bond donors (Lipinski definition) is 1. The van der Waals surface area contributed by atoms with Crippen molar-refractivity contribution in [2.75, 3.05) is 7.11 Å². The van der Waals surface area contributed by atoms with Gasteiger partial charge in [0.05, 0.1) is 8.48 Å². The lowest BCUT2D eigenvalue weighted by Gasteiger charge is -2.01. The summed E-state index contributed by atoms with van der Waals surface area (Å²) < 4.78 is 12.0. The molecule has 0 aromatic heterocycles. The van der Waals surface area contributed by atoms with Crippen LogP contribution in [-0.4, -0.2) is 18.5 Å². The molecule has 0 saturated carbocycles. The number of phenolic OH excluding ortho intramolecular Hbond substituents is 1. The van der Waals surface area contributed by atoms with E-state index in [-0.39, 0.29) is 17.5 Å². The number of aromatic hydroxyl groups is 1. The molecule has 0 bridgehead atoms. The Hall–Kier alpha value is -1.51. The van der Waals surface area contributed by atoms with Crippen LogP contribution >= 0.6 is 0 Å². The van der Waals surface area contributed by atoms with Crippen molar-refractivity contribution < 1.29 is 16.0 Å². The van der Waals surface area contributed by atoms with Crippen molar-refractivity contribution in [1.82, 2.24) is 0 Å². The Bertz CT molecular complexity index is 309. The molecular formula is C8H8O3. The van der Waals surface area contributed by atoms with Crippen molar-refractivity contribution in [2.24, 2.45) is 0 Å². The highest BCUT2D eigenvalue weighted by Crippen LogP contribution is 2.25. The minimum Gasteiger partial charge on any atom is -0.504 e. The third-order valence-corrected chi connectivity index (χ3v) is 1.26. The molecule has 0 saturated heterocycles. The quantitative estimate of drug-likeness (QED) is 0.649.